The molecule has 96 valence electrons. The summed E-state index contributed by atoms with van der Waals surface area (Å²) < 4.78 is 12.0. The van der Waals surface area contributed by atoms with E-state index in [4.69, 9.17) is 9.47 Å². The highest BCUT2D eigenvalue weighted by Crippen LogP contribution is 2.39. The molecule has 0 unspecified atom stereocenters. The first-order valence-corrected chi connectivity index (χ1v) is 6.77. The van der Waals surface area contributed by atoms with E-state index >= 15 is 0 Å². The van der Waals surface area contributed by atoms with E-state index in [-0.39, 0.29) is 0 Å². The Kier molecular flexibility index (Phi) is 3.07. The van der Waals surface area contributed by atoms with E-state index in [1.54, 1.807) is 14.2 Å². The van der Waals surface area contributed by atoms with Crippen LogP contribution in [0.1, 0.15) is 0 Å². The smallest absolute Gasteiger partial charge is 0.126 e. The Hall–Kier alpha value is -1.74. The lowest BCUT2D eigenvalue weighted by atomic mass is 10.0. The van der Waals surface area contributed by atoms with Crippen molar-refractivity contribution in [3.63, 3.8) is 0 Å². The number of ether oxygens (including phenoxy) is 2. The van der Waals surface area contributed by atoms with Crippen LogP contribution in [0.25, 0.3) is 21.5 Å². The molecule has 0 radical (unpaired) electrons. The summed E-state index contributed by atoms with van der Waals surface area (Å²) >= 11 is 3.70. The van der Waals surface area contributed by atoms with Crippen molar-refractivity contribution in [2.75, 3.05) is 14.2 Å². The van der Waals surface area contributed by atoms with Crippen LogP contribution in [0.3, 0.4) is 0 Å². The van der Waals surface area contributed by atoms with Crippen molar-refractivity contribution in [3.05, 3.63) is 46.9 Å². The van der Waals surface area contributed by atoms with Gasteiger partial charge in [-0.25, -0.2) is 0 Å². The predicted molar refractivity (Wildman–Crippen MR) is 82.3 cm³/mol. The zero-order valence-electron chi connectivity index (χ0n) is 10.7. The molecule has 19 heavy (non-hydrogen) atoms. The summed E-state index contributed by atoms with van der Waals surface area (Å²) in [5.74, 6) is 1.73. The molecule has 0 fully saturated rings. The summed E-state index contributed by atoms with van der Waals surface area (Å²) in [6.07, 6.45) is 0. The van der Waals surface area contributed by atoms with Crippen molar-refractivity contribution >= 4 is 37.5 Å². The third-order valence-electron chi connectivity index (χ3n) is 3.33. The third-order valence-corrected chi connectivity index (χ3v) is 4.19. The molecule has 0 aromatic heterocycles. The van der Waals surface area contributed by atoms with Gasteiger partial charge in [0.15, 0.2) is 0 Å². The number of benzene rings is 3. The molecule has 0 spiro atoms. The van der Waals surface area contributed by atoms with Crippen LogP contribution in [0.5, 0.6) is 11.5 Å². The van der Waals surface area contributed by atoms with E-state index in [9.17, 15) is 0 Å². The fourth-order valence-corrected chi connectivity index (χ4v) is 3.11. The normalized spacial score (nSPS) is 10.9. The number of halogens is 1. The molecule has 0 amide bonds. The molecule has 0 N–H and O–H groups in total. The van der Waals surface area contributed by atoms with Gasteiger partial charge in [-0.3, -0.25) is 0 Å². The quantitative estimate of drug-likeness (QED) is 0.634. The maximum absolute atomic E-state index is 5.44. The molecule has 3 aromatic carbocycles. The fraction of sp³-hybridized carbons (Fsp3) is 0.125. The van der Waals surface area contributed by atoms with Gasteiger partial charge in [0.2, 0.25) is 0 Å². The monoisotopic (exact) mass is 316 g/mol. The topological polar surface area (TPSA) is 18.5 Å². The van der Waals surface area contributed by atoms with Gasteiger partial charge in [0, 0.05) is 26.0 Å². The second kappa shape index (κ2) is 4.74. The number of fused-ring (bicyclic) bond motifs is 2. The second-order valence-corrected chi connectivity index (χ2v) is 5.09. The average molecular weight is 317 g/mol. The molecule has 0 aliphatic rings. The molecule has 2 nitrogen and oxygen atoms in total. The zero-order valence-corrected chi connectivity index (χ0v) is 12.3. The first-order chi connectivity index (χ1) is 9.26. The molecular formula is C16H13BrO2. The summed E-state index contributed by atoms with van der Waals surface area (Å²) in [6.45, 7) is 0. The molecule has 0 heterocycles. The van der Waals surface area contributed by atoms with Gasteiger partial charge in [-0.2, -0.15) is 0 Å². The lowest BCUT2D eigenvalue weighted by molar-refractivity contribution is 0.419. The maximum atomic E-state index is 5.44. The van der Waals surface area contributed by atoms with E-state index in [1.165, 1.54) is 0 Å². The van der Waals surface area contributed by atoms with Crippen LogP contribution < -0.4 is 9.47 Å². The number of hydrogen-bond donors (Lipinski definition) is 0. The molecule has 3 aromatic rings. The van der Waals surface area contributed by atoms with E-state index in [0.717, 1.165) is 37.5 Å². The van der Waals surface area contributed by atoms with E-state index in [1.807, 2.05) is 24.3 Å². The van der Waals surface area contributed by atoms with Gasteiger partial charge in [0.25, 0.3) is 0 Å². The summed E-state index contributed by atoms with van der Waals surface area (Å²) in [4.78, 5) is 0. The second-order valence-electron chi connectivity index (χ2n) is 4.30. The largest absolute Gasteiger partial charge is 0.496 e. The average Bonchev–Trinajstić information content (AvgIpc) is 2.46. The Morgan fingerprint density at radius 1 is 0.737 bits per heavy atom. The van der Waals surface area contributed by atoms with Gasteiger partial charge < -0.3 is 9.47 Å². The van der Waals surface area contributed by atoms with Crippen LogP contribution in [-0.2, 0) is 0 Å². The van der Waals surface area contributed by atoms with Crippen LogP contribution in [0, 0.1) is 0 Å². The summed E-state index contributed by atoms with van der Waals surface area (Å²) in [6, 6.07) is 14.2. The van der Waals surface area contributed by atoms with Gasteiger partial charge in [-0.15, -0.1) is 0 Å². The molecule has 0 saturated carbocycles. The number of hydrogen-bond acceptors (Lipinski definition) is 2. The van der Waals surface area contributed by atoms with Gasteiger partial charge in [0.05, 0.1) is 14.2 Å². The Labute approximate surface area is 120 Å². The minimum Gasteiger partial charge on any atom is -0.496 e. The Morgan fingerprint density at radius 2 is 1.21 bits per heavy atom. The van der Waals surface area contributed by atoms with E-state index in [0.29, 0.717) is 0 Å². The van der Waals surface area contributed by atoms with Crippen molar-refractivity contribution in [3.8, 4) is 11.5 Å². The third kappa shape index (κ3) is 1.85. The number of methoxy groups -OCH3 is 2. The fourth-order valence-electron chi connectivity index (χ4n) is 2.41. The molecule has 0 aliphatic heterocycles. The van der Waals surface area contributed by atoms with Crippen LogP contribution in [0.15, 0.2) is 46.9 Å². The predicted octanol–water partition coefficient (Wildman–Crippen LogP) is 4.77. The highest BCUT2D eigenvalue weighted by molar-refractivity contribution is 9.10. The Balaban J connectivity index is 2.53. The first-order valence-electron chi connectivity index (χ1n) is 5.98. The van der Waals surface area contributed by atoms with E-state index in [2.05, 4.69) is 34.1 Å². The van der Waals surface area contributed by atoms with Gasteiger partial charge in [-0.1, -0.05) is 24.3 Å². The first kappa shape index (κ1) is 12.3. The summed E-state index contributed by atoms with van der Waals surface area (Å²) in [5.41, 5.74) is 0. The van der Waals surface area contributed by atoms with Crippen molar-refractivity contribution in [1.29, 1.82) is 0 Å². The van der Waals surface area contributed by atoms with Crippen molar-refractivity contribution < 1.29 is 9.47 Å². The van der Waals surface area contributed by atoms with Crippen LogP contribution >= 0.6 is 15.9 Å². The zero-order chi connectivity index (χ0) is 13.4. The minimum atomic E-state index is 0.867. The van der Waals surface area contributed by atoms with Gasteiger partial charge in [-0.05, 0) is 34.1 Å². The van der Waals surface area contributed by atoms with E-state index < -0.39 is 0 Å². The van der Waals surface area contributed by atoms with Crippen LogP contribution in [0.4, 0.5) is 0 Å². The van der Waals surface area contributed by atoms with Crippen molar-refractivity contribution in [1.82, 2.24) is 0 Å². The summed E-state index contributed by atoms with van der Waals surface area (Å²) in [7, 11) is 3.38. The minimum absolute atomic E-state index is 0.867. The molecular weight excluding hydrogens is 304 g/mol. The SMILES string of the molecule is COc1cccc2c(Br)c3cccc(OC)c3cc12. The Bertz CT molecular complexity index is 703. The van der Waals surface area contributed by atoms with Crippen molar-refractivity contribution in [2.45, 2.75) is 0 Å². The van der Waals surface area contributed by atoms with Gasteiger partial charge in [0.1, 0.15) is 11.5 Å². The molecule has 3 rings (SSSR count). The number of rotatable bonds is 2. The lowest BCUT2D eigenvalue weighted by Gasteiger charge is -2.12. The molecule has 0 bridgehead atoms. The van der Waals surface area contributed by atoms with Crippen LogP contribution in [-0.4, -0.2) is 14.2 Å². The highest BCUT2D eigenvalue weighted by atomic mass is 79.9. The molecule has 0 aliphatic carbocycles. The molecule has 3 heteroatoms. The van der Waals surface area contributed by atoms with Crippen LogP contribution in [0.2, 0.25) is 0 Å². The molecule has 0 saturated heterocycles. The maximum Gasteiger partial charge on any atom is 0.126 e. The summed E-state index contributed by atoms with van der Waals surface area (Å²) in [5, 5.41) is 4.43. The van der Waals surface area contributed by atoms with Gasteiger partial charge >= 0.3 is 0 Å². The lowest BCUT2D eigenvalue weighted by Crippen LogP contribution is -1.89. The van der Waals surface area contributed by atoms with Crippen molar-refractivity contribution in [2.24, 2.45) is 0 Å². The Morgan fingerprint density at radius 3 is 1.63 bits per heavy atom. The highest BCUT2D eigenvalue weighted by Gasteiger charge is 2.11. The molecule has 0 atom stereocenters. The standard InChI is InChI=1S/C16H13BrO2/c1-18-14-7-3-5-10-12(14)9-13-11(16(10)17)6-4-8-15(13)19-2/h3-9H,1-2H3.